The Labute approximate surface area is 132 Å². The highest BCUT2D eigenvalue weighted by Gasteiger charge is 2.14. The van der Waals surface area contributed by atoms with Crippen molar-refractivity contribution in [2.75, 3.05) is 26.2 Å². The van der Waals surface area contributed by atoms with E-state index in [4.69, 9.17) is 0 Å². The predicted molar refractivity (Wildman–Crippen MR) is 88.3 cm³/mol. The van der Waals surface area contributed by atoms with Crippen LogP contribution in [0.25, 0.3) is 0 Å². The van der Waals surface area contributed by atoms with E-state index < -0.39 is 0 Å². The molecule has 2 aromatic rings. The van der Waals surface area contributed by atoms with E-state index in [1.807, 2.05) is 24.5 Å². The summed E-state index contributed by atoms with van der Waals surface area (Å²) >= 11 is 0. The van der Waals surface area contributed by atoms with Gasteiger partial charge in [0.2, 0.25) is 0 Å². The third-order valence-electron chi connectivity index (χ3n) is 4.12. The van der Waals surface area contributed by atoms with Gasteiger partial charge in [-0.05, 0) is 63.3 Å². The van der Waals surface area contributed by atoms with E-state index in [9.17, 15) is 0 Å². The Bertz CT molecular complexity index is 484. The van der Waals surface area contributed by atoms with E-state index in [1.54, 1.807) is 0 Å². The van der Waals surface area contributed by atoms with Gasteiger partial charge in [-0.1, -0.05) is 12.1 Å². The van der Waals surface area contributed by atoms with Crippen molar-refractivity contribution in [2.45, 2.75) is 25.9 Å². The highest BCUT2D eigenvalue weighted by molar-refractivity contribution is 5.04. The van der Waals surface area contributed by atoms with Crippen LogP contribution < -0.4 is 0 Å². The summed E-state index contributed by atoms with van der Waals surface area (Å²) in [5.41, 5.74) is 2.35. The Morgan fingerprint density at radius 1 is 0.682 bits per heavy atom. The van der Waals surface area contributed by atoms with Crippen LogP contribution in [0, 0.1) is 0 Å². The molecule has 0 spiro atoms. The van der Waals surface area contributed by atoms with Crippen molar-refractivity contribution < 1.29 is 0 Å². The molecule has 3 rings (SSSR count). The van der Waals surface area contributed by atoms with Gasteiger partial charge in [0.25, 0.3) is 0 Å². The van der Waals surface area contributed by atoms with Crippen molar-refractivity contribution in [1.82, 2.24) is 19.8 Å². The molecule has 22 heavy (non-hydrogen) atoms. The van der Waals surface area contributed by atoms with E-state index in [0.29, 0.717) is 0 Å². The Hall–Kier alpha value is -1.78. The van der Waals surface area contributed by atoms with Crippen LogP contribution >= 0.6 is 0 Å². The van der Waals surface area contributed by atoms with Gasteiger partial charge >= 0.3 is 0 Å². The van der Waals surface area contributed by atoms with Crippen molar-refractivity contribution in [3.63, 3.8) is 0 Å². The molecule has 0 aliphatic carbocycles. The van der Waals surface area contributed by atoms with Crippen LogP contribution in [0.5, 0.6) is 0 Å². The molecule has 1 fully saturated rings. The molecule has 4 heteroatoms. The minimum Gasteiger partial charge on any atom is -0.297 e. The second-order valence-corrected chi connectivity index (χ2v) is 5.90. The molecule has 0 bridgehead atoms. The van der Waals surface area contributed by atoms with Crippen LogP contribution in [-0.2, 0) is 13.1 Å². The number of aromatic nitrogens is 2. The first-order valence-corrected chi connectivity index (χ1v) is 8.15. The molecule has 1 aliphatic heterocycles. The van der Waals surface area contributed by atoms with Crippen molar-refractivity contribution >= 4 is 0 Å². The monoisotopic (exact) mass is 296 g/mol. The molecule has 0 amide bonds. The Balaban J connectivity index is 1.48. The van der Waals surface area contributed by atoms with Crippen LogP contribution in [0.2, 0.25) is 0 Å². The first kappa shape index (κ1) is 15.1. The quantitative estimate of drug-likeness (QED) is 0.868. The lowest BCUT2D eigenvalue weighted by molar-refractivity contribution is 0.170. The molecule has 2 aromatic heterocycles. The van der Waals surface area contributed by atoms with Gasteiger partial charge in [-0.15, -0.1) is 0 Å². The van der Waals surface area contributed by atoms with Gasteiger partial charge in [0.15, 0.2) is 0 Å². The van der Waals surface area contributed by atoms with Crippen molar-refractivity contribution in [2.24, 2.45) is 0 Å². The lowest BCUT2D eigenvalue weighted by Crippen LogP contribution is -2.36. The fourth-order valence-electron chi connectivity index (χ4n) is 3.02. The number of pyridine rings is 2. The molecule has 116 valence electrons. The number of hydrogen-bond donors (Lipinski definition) is 0. The summed E-state index contributed by atoms with van der Waals surface area (Å²) in [4.78, 5) is 13.9. The summed E-state index contributed by atoms with van der Waals surface area (Å²) in [6, 6.07) is 12.3. The average molecular weight is 296 g/mol. The molecule has 0 saturated carbocycles. The molecule has 4 nitrogen and oxygen atoms in total. The van der Waals surface area contributed by atoms with Crippen molar-refractivity contribution in [1.29, 1.82) is 0 Å². The second-order valence-electron chi connectivity index (χ2n) is 5.90. The lowest BCUT2D eigenvalue weighted by Gasteiger charge is -2.30. The zero-order chi connectivity index (χ0) is 15.0. The molecule has 0 aromatic carbocycles. The predicted octanol–water partition coefficient (Wildman–Crippen LogP) is 2.57. The van der Waals surface area contributed by atoms with Crippen molar-refractivity contribution in [3.8, 4) is 0 Å². The smallest absolute Gasteiger partial charge is 0.0543 e. The van der Waals surface area contributed by atoms with E-state index in [2.05, 4.69) is 44.0 Å². The van der Waals surface area contributed by atoms with Crippen LogP contribution in [-0.4, -0.2) is 45.9 Å². The van der Waals surface area contributed by atoms with Gasteiger partial charge in [-0.2, -0.15) is 0 Å². The molecular formula is C18H24N4. The molecule has 3 heterocycles. The van der Waals surface area contributed by atoms with Gasteiger partial charge in [-0.3, -0.25) is 19.8 Å². The largest absolute Gasteiger partial charge is 0.297 e. The molecular weight excluding hydrogens is 272 g/mol. The number of rotatable bonds is 4. The van der Waals surface area contributed by atoms with E-state index in [-0.39, 0.29) is 0 Å². The molecule has 1 aliphatic rings. The van der Waals surface area contributed by atoms with Crippen LogP contribution in [0.4, 0.5) is 0 Å². The Morgan fingerprint density at radius 3 is 1.50 bits per heavy atom. The third-order valence-corrected chi connectivity index (χ3v) is 4.12. The zero-order valence-corrected chi connectivity index (χ0v) is 13.1. The van der Waals surface area contributed by atoms with Gasteiger partial charge in [0, 0.05) is 25.5 Å². The first-order valence-electron chi connectivity index (χ1n) is 8.15. The molecule has 1 saturated heterocycles. The molecule has 0 unspecified atom stereocenters. The molecule has 0 radical (unpaired) electrons. The van der Waals surface area contributed by atoms with Gasteiger partial charge < -0.3 is 0 Å². The lowest BCUT2D eigenvalue weighted by atomic mass is 10.2. The summed E-state index contributed by atoms with van der Waals surface area (Å²) in [7, 11) is 0. The van der Waals surface area contributed by atoms with Gasteiger partial charge in [0.1, 0.15) is 0 Å². The summed E-state index contributed by atoms with van der Waals surface area (Å²) in [6.45, 7) is 6.54. The highest BCUT2D eigenvalue weighted by Crippen LogP contribution is 2.10. The molecule has 0 atom stereocenters. The topological polar surface area (TPSA) is 32.3 Å². The SMILES string of the molecule is c1ccc(CN2CCCN(Cc3ccccn3)CCC2)nc1. The summed E-state index contributed by atoms with van der Waals surface area (Å²) in [6.07, 6.45) is 6.18. The normalized spacial score (nSPS) is 17.8. The average Bonchev–Trinajstić information content (AvgIpc) is 2.54. The van der Waals surface area contributed by atoms with Crippen molar-refractivity contribution in [3.05, 3.63) is 60.2 Å². The van der Waals surface area contributed by atoms with Crippen LogP contribution in [0.15, 0.2) is 48.8 Å². The fraction of sp³-hybridized carbons (Fsp3) is 0.444. The fourth-order valence-corrected chi connectivity index (χ4v) is 3.02. The minimum atomic E-state index is 0.973. The Morgan fingerprint density at radius 2 is 1.14 bits per heavy atom. The van der Waals surface area contributed by atoms with E-state index >= 15 is 0 Å². The Kier molecular flexibility index (Phi) is 5.51. The maximum atomic E-state index is 4.44. The zero-order valence-electron chi connectivity index (χ0n) is 13.1. The summed E-state index contributed by atoms with van der Waals surface area (Å²) in [5, 5.41) is 0. The second kappa shape index (κ2) is 8.01. The van der Waals surface area contributed by atoms with Crippen LogP contribution in [0.3, 0.4) is 0 Å². The maximum absolute atomic E-state index is 4.44. The van der Waals surface area contributed by atoms with E-state index in [1.165, 1.54) is 24.2 Å². The van der Waals surface area contributed by atoms with Gasteiger partial charge in [-0.25, -0.2) is 0 Å². The summed E-state index contributed by atoms with van der Waals surface area (Å²) < 4.78 is 0. The molecule has 0 N–H and O–H groups in total. The van der Waals surface area contributed by atoms with Gasteiger partial charge in [0.05, 0.1) is 11.4 Å². The number of hydrogen-bond acceptors (Lipinski definition) is 4. The first-order chi connectivity index (χ1) is 10.9. The standard InChI is InChI=1S/C18H24N4/c1-3-9-19-17(7-1)15-21-11-5-13-22(14-6-12-21)16-18-8-2-4-10-20-18/h1-4,7-10H,5-6,11-16H2. The van der Waals surface area contributed by atoms with Crippen LogP contribution in [0.1, 0.15) is 24.2 Å². The summed E-state index contributed by atoms with van der Waals surface area (Å²) in [5.74, 6) is 0. The highest BCUT2D eigenvalue weighted by atomic mass is 15.2. The maximum Gasteiger partial charge on any atom is 0.0543 e. The van der Waals surface area contributed by atoms with E-state index in [0.717, 1.165) is 39.3 Å². The third kappa shape index (κ3) is 4.61. The minimum absolute atomic E-state index is 0.973. The number of nitrogens with zero attached hydrogens (tertiary/aromatic N) is 4.